The summed E-state index contributed by atoms with van der Waals surface area (Å²) in [5, 5.41) is 7.07. The molecule has 0 aliphatic heterocycles. The van der Waals surface area contributed by atoms with Gasteiger partial charge in [-0.15, -0.1) is 0 Å². The SMILES string of the molecule is C/C=N\NC(C)C(=O)Nc1ccccc1-c1nc2ccccc2c(=O)o1. The summed E-state index contributed by atoms with van der Waals surface area (Å²) in [6, 6.07) is 13.4. The van der Waals surface area contributed by atoms with Crippen molar-refractivity contribution in [2.24, 2.45) is 5.10 Å². The van der Waals surface area contributed by atoms with Crippen LogP contribution in [0.5, 0.6) is 0 Å². The third-order valence-electron chi connectivity index (χ3n) is 3.74. The number of fused-ring (bicyclic) bond motifs is 1. The van der Waals surface area contributed by atoms with Crippen LogP contribution in [0.2, 0.25) is 0 Å². The lowest BCUT2D eigenvalue weighted by atomic mass is 10.1. The minimum atomic E-state index is -0.532. The highest BCUT2D eigenvalue weighted by molar-refractivity contribution is 5.97. The Bertz CT molecular complexity index is 1030. The van der Waals surface area contributed by atoms with Crippen LogP contribution < -0.4 is 16.4 Å². The summed E-state index contributed by atoms with van der Waals surface area (Å²) in [5.41, 5.74) is 3.80. The van der Waals surface area contributed by atoms with Crippen molar-refractivity contribution in [2.45, 2.75) is 19.9 Å². The van der Waals surface area contributed by atoms with Crippen LogP contribution in [0.25, 0.3) is 22.4 Å². The highest BCUT2D eigenvalue weighted by atomic mass is 16.4. The number of hydrazone groups is 1. The molecule has 7 heteroatoms. The Kier molecular flexibility index (Phi) is 5.07. The lowest BCUT2D eigenvalue weighted by Gasteiger charge is -2.14. The van der Waals surface area contributed by atoms with E-state index in [-0.39, 0.29) is 11.8 Å². The summed E-state index contributed by atoms with van der Waals surface area (Å²) in [7, 11) is 0. The maximum Gasteiger partial charge on any atom is 0.347 e. The maximum absolute atomic E-state index is 12.3. The molecule has 132 valence electrons. The van der Waals surface area contributed by atoms with Crippen molar-refractivity contribution in [2.75, 3.05) is 5.32 Å². The number of rotatable bonds is 5. The highest BCUT2D eigenvalue weighted by Crippen LogP contribution is 2.26. The van der Waals surface area contributed by atoms with Crippen molar-refractivity contribution in [1.82, 2.24) is 10.4 Å². The standard InChI is InChI=1S/C19H18N4O3/c1-3-20-23-12(2)17(24)21-15-10-6-4-8-13(15)18-22-16-11-7-5-9-14(16)19(25)26-18/h3-12,23H,1-2H3,(H,21,24)/b20-3-. The Morgan fingerprint density at radius 3 is 2.73 bits per heavy atom. The van der Waals surface area contributed by atoms with Gasteiger partial charge in [0.05, 0.1) is 22.2 Å². The monoisotopic (exact) mass is 350 g/mol. The Balaban J connectivity index is 1.97. The van der Waals surface area contributed by atoms with Gasteiger partial charge in [-0.3, -0.25) is 10.2 Å². The van der Waals surface area contributed by atoms with E-state index >= 15 is 0 Å². The molecule has 0 bridgehead atoms. The first-order chi connectivity index (χ1) is 12.6. The van der Waals surface area contributed by atoms with Gasteiger partial charge < -0.3 is 9.73 Å². The normalized spacial score (nSPS) is 12.2. The van der Waals surface area contributed by atoms with Crippen LogP contribution in [0.1, 0.15) is 13.8 Å². The van der Waals surface area contributed by atoms with Gasteiger partial charge in [-0.05, 0) is 38.1 Å². The number of para-hydroxylation sites is 2. The summed E-state index contributed by atoms with van der Waals surface area (Å²) in [6.45, 7) is 3.44. The molecule has 0 fully saturated rings. The second-order valence-electron chi connectivity index (χ2n) is 5.60. The Morgan fingerprint density at radius 1 is 1.19 bits per heavy atom. The number of nitrogens with zero attached hydrogens (tertiary/aromatic N) is 2. The first-order valence-electron chi connectivity index (χ1n) is 8.13. The lowest BCUT2D eigenvalue weighted by molar-refractivity contribution is -0.117. The second-order valence-corrected chi connectivity index (χ2v) is 5.60. The quantitative estimate of drug-likeness (QED) is 0.545. The zero-order valence-corrected chi connectivity index (χ0v) is 14.4. The Labute approximate surface area is 149 Å². The third-order valence-corrected chi connectivity index (χ3v) is 3.74. The molecule has 2 aromatic carbocycles. The maximum atomic E-state index is 12.3. The summed E-state index contributed by atoms with van der Waals surface area (Å²) in [4.78, 5) is 28.9. The fourth-order valence-corrected chi connectivity index (χ4v) is 2.40. The number of nitrogens with one attached hydrogen (secondary N) is 2. The van der Waals surface area contributed by atoms with Crippen LogP contribution >= 0.6 is 0 Å². The van der Waals surface area contributed by atoms with E-state index in [2.05, 4.69) is 20.8 Å². The van der Waals surface area contributed by atoms with Gasteiger partial charge in [0.2, 0.25) is 11.8 Å². The smallest absolute Gasteiger partial charge is 0.347 e. The topological polar surface area (TPSA) is 96.6 Å². The molecule has 0 aliphatic carbocycles. The molecule has 1 atom stereocenters. The summed E-state index contributed by atoms with van der Waals surface area (Å²) >= 11 is 0. The number of carbonyl (C=O) groups is 1. The first kappa shape index (κ1) is 17.3. The van der Waals surface area contributed by atoms with E-state index in [1.165, 1.54) is 0 Å². The zero-order chi connectivity index (χ0) is 18.5. The molecule has 3 aromatic rings. The summed E-state index contributed by atoms with van der Waals surface area (Å²) in [5.74, 6) is -0.122. The number of hydrogen-bond donors (Lipinski definition) is 2. The molecule has 7 nitrogen and oxygen atoms in total. The molecule has 1 aromatic heterocycles. The minimum absolute atomic E-state index is 0.150. The van der Waals surface area contributed by atoms with Gasteiger partial charge in [0.25, 0.3) is 0 Å². The van der Waals surface area contributed by atoms with E-state index in [0.29, 0.717) is 22.2 Å². The molecule has 0 radical (unpaired) electrons. The number of hydrogen-bond acceptors (Lipinski definition) is 6. The van der Waals surface area contributed by atoms with Crippen LogP contribution in [0, 0.1) is 0 Å². The largest absolute Gasteiger partial charge is 0.403 e. The van der Waals surface area contributed by atoms with Crippen molar-refractivity contribution in [3.05, 3.63) is 59.0 Å². The number of amides is 1. The molecule has 2 N–H and O–H groups in total. The number of anilines is 1. The van der Waals surface area contributed by atoms with Crippen molar-refractivity contribution in [3.8, 4) is 11.5 Å². The zero-order valence-electron chi connectivity index (χ0n) is 14.4. The van der Waals surface area contributed by atoms with E-state index in [0.717, 1.165) is 0 Å². The van der Waals surface area contributed by atoms with Crippen molar-refractivity contribution >= 4 is 28.7 Å². The second kappa shape index (κ2) is 7.60. The van der Waals surface area contributed by atoms with Crippen LogP contribution in [0.3, 0.4) is 0 Å². The van der Waals surface area contributed by atoms with E-state index in [1.54, 1.807) is 68.6 Å². The molecule has 0 aliphatic rings. The van der Waals surface area contributed by atoms with Gasteiger partial charge in [0.15, 0.2) is 0 Å². The van der Waals surface area contributed by atoms with Crippen LogP contribution in [0.15, 0.2) is 62.8 Å². The van der Waals surface area contributed by atoms with Gasteiger partial charge in [-0.1, -0.05) is 24.3 Å². The highest BCUT2D eigenvalue weighted by Gasteiger charge is 2.16. The van der Waals surface area contributed by atoms with Crippen LogP contribution in [-0.2, 0) is 4.79 Å². The van der Waals surface area contributed by atoms with Gasteiger partial charge in [-0.2, -0.15) is 5.10 Å². The summed E-state index contributed by atoms with van der Waals surface area (Å²) < 4.78 is 5.37. The predicted molar refractivity (Wildman–Crippen MR) is 101 cm³/mol. The van der Waals surface area contributed by atoms with Gasteiger partial charge in [0.1, 0.15) is 6.04 Å². The summed E-state index contributed by atoms with van der Waals surface area (Å²) in [6.07, 6.45) is 1.56. The van der Waals surface area contributed by atoms with Gasteiger partial charge in [0, 0.05) is 6.21 Å². The fourth-order valence-electron chi connectivity index (χ4n) is 2.40. The third kappa shape index (κ3) is 3.61. The number of benzene rings is 2. The van der Waals surface area contributed by atoms with E-state index in [1.807, 2.05) is 0 Å². The molecule has 0 saturated heterocycles. The van der Waals surface area contributed by atoms with E-state index in [4.69, 9.17) is 4.42 Å². The molecule has 1 unspecified atom stereocenters. The average Bonchev–Trinajstić information content (AvgIpc) is 2.66. The fraction of sp³-hybridized carbons (Fsp3) is 0.158. The van der Waals surface area contributed by atoms with Crippen molar-refractivity contribution in [1.29, 1.82) is 0 Å². The molecule has 3 rings (SSSR count). The molecular formula is C19H18N4O3. The van der Waals surface area contributed by atoms with Crippen LogP contribution in [-0.4, -0.2) is 23.1 Å². The minimum Gasteiger partial charge on any atom is -0.403 e. The molecule has 1 amide bonds. The Hall–Kier alpha value is -3.48. The number of aromatic nitrogens is 1. The van der Waals surface area contributed by atoms with E-state index < -0.39 is 11.7 Å². The molecule has 26 heavy (non-hydrogen) atoms. The van der Waals surface area contributed by atoms with Crippen molar-refractivity contribution < 1.29 is 9.21 Å². The van der Waals surface area contributed by atoms with Gasteiger partial charge >= 0.3 is 5.63 Å². The first-order valence-corrected chi connectivity index (χ1v) is 8.13. The molecular weight excluding hydrogens is 332 g/mol. The Morgan fingerprint density at radius 2 is 1.92 bits per heavy atom. The molecule has 0 saturated carbocycles. The van der Waals surface area contributed by atoms with Crippen LogP contribution in [0.4, 0.5) is 5.69 Å². The number of carbonyl (C=O) groups excluding carboxylic acids is 1. The van der Waals surface area contributed by atoms with E-state index in [9.17, 15) is 9.59 Å². The predicted octanol–water partition coefficient (Wildman–Crippen LogP) is 2.78. The average molecular weight is 350 g/mol. The molecule has 0 spiro atoms. The van der Waals surface area contributed by atoms with Gasteiger partial charge in [-0.25, -0.2) is 9.78 Å². The molecule has 1 heterocycles. The lowest BCUT2D eigenvalue weighted by Crippen LogP contribution is -2.35. The van der Waals surface area contributed by atoms with Crippen molar-refractivity contribution in [3.63, 3.8) is 0 Å².